The molecule has 3 fully saturated rings. The quantitative estimate of drug-likeness (QED) is 0.882. The summed E-state index contributed by atoms with van der Waals surface area (Å²) >= 11 is 0. The van der Waals surface area contributed by atoms with Crippen LogP contribution in [0.4, 0.5) is 0 Å². The predicted molar refractivity (Wildman–Crippen MR) is 105 cm³/mol. The summed E-state index contributed by atoms with van der Waals surface area (Å²) in [5.74, 6) is 2.44. The van der Waals surface area contributed by atoms with E-state index < -0.39 is 0 Å². The molecule has 0 bridgehead atoms. The molecule has 0 aromatic heterocycles. The van der Waals surface area contributed by atoms with Gasteiger partial charge in [0.25, 0.3) is 0 Å². The summed E-state index contributed by atoms with van der Waals surface area (Å²) in [5.41, 5.74) is 1.56. The summed E-state index contributed by atoms with van der Waals surface area (Å²) in [4.78, 5) is 14.4. The molecular weight excluding hydrogens is 340 g/mol. The Labute approximate surface area is 162 Å². The van der Waals surface area contributed by atoms with Crippen LogP contribution in [-0.2, 0) is 10.2 Å². The fourth-order valence-electron chi connectivity index (χ4n) is 5.84. The van der Waals surface area contributed by atoms with Crippen LogP contribution in [-0.4, -0.2) is 50.7 Å². The first-order chi connectivity index (χ1) is 13.1. The molecule has 1 aliphatic carbocycles. The zero-order valence-electron chi connectivity index (χ0n) is 16.8. The first-order valence-corrected chi connectivity index (χ1v) is 10.3. The van der Waals surface area contributed by atoms with Crippen molar-refractivity contribution in [3.63, 3.8) is 0 Å². The first-order valence-electron chi connectivity index (χ1n) is 10.3. The molecule has 27 heavy (non-hydrogen) atoms. The van der Waals surface area contributed by atoms with E-state index in [1.54, 1.807) is 14.2 Å². The Morgan fingerprint density at radius 3 is 2.70 bits per heavy atom. The molecule has 1 N–H and O–H groups in total. The molecule has 4 atom stereocenters. The van der Waals surface area contributed by atoms with Gasteiger partial charge in [-0.2, -0.15) is 0 Å². The molecule has 1 saturated carbocycles. The number of carbonyl (C=O) groups is 1. The van der Waals surface area contributed by atoms with E-state index >= 15 is 0 Å². The lowest BCUT2D eigenvalue weighted by Gasteiger charge is -2.47. The zero-order valence-corrected chi connectivity index (χ0v) is 16.8. The van der Waals surface area contributed by atoms with Gasteiger partial charge in [-0.1, -0.05) is 6.07 Å². The van der Waals surface area contributed by atoms with Gasteiger partial charge in [0.1, 0.15) is 0 Å². The lowest BCUT2D eigenvalue weighted by Crippen LogP contribution is -2.52. The van der Waals surface area contributed by atoms with Crippen molar-refractivity contribution in [3.8, 4) is 11.5 Å². The van der Waals surface area contributed by atoms with Gasteiger partial charge in [-0.25, -0.2) is 0 Å². The van der Waals surface area contributed by atoms with Crippen LogP contribution < -0.4 is 14.8 Å². The van der Waals surface area contributed by atoms with Crippen molar-refractivity contribution in [1.29, 1.82) is 0 Å². The monoisotopic (exact) mass is 372 g/mol. The Morgan fingerprint density at radius 2 is 1.96 bits per heavy atom. The number of carbonyl (C=O) groups excluding carboxylic acids is 1. The van der Waals surface area contributed by atoms with Gasteiger partial charge in [0.05, 0.1) is 14.2 Å². The number of nitrogens with one attached hydrogen (secondary N) is 1. The minimum absolute atomic E-state index is 0.184. The SMILES string of the molecule is COc1ccc([C@@]23CCC(C4CCCC(=O)N4)C[C@@H]2N(C)CC3)cc1OC. The number of benzene rings is 1. The highest BCUT2D eigenvalue weighted by Gasteiger charge is 2.51. The molecule has 2 heterocycles. The summed E-state index contributed by atoms with van der Waals surface area (Å²) in [5, 5.41) is 3.27. The number of ether oxygens (including phenoxy) is 2. The fourth-order valence-corrected chi connectivity index (χ4v) is 5.84. The van der Waals surface area contributed by atoms with Crippen molar-refractivity contribution in [2.24, 2.45) is 5.92 Å². The number of fused-ring (bicyclic) bond motifs is 1. The Hall–Kier alpha value is -1.75. The number of amides is 1. The maximum Gasteiger partial charge on any atom is 0.220 e. The largest absolute Gasteiger partial charge is 0.493 e. The molecule has 3 aliphatic rings. The highest BCUT2D eigenvalue weighted by atomic mass is 16.5. The number of likely N-dealkylation sites (tertiary alicyclic amines) is 1. The smallest absolute Gasteiger partial charge is 0.220 e. The van der Waals surface area contributed by atoms with E-state index in [0.29, 0.717) is 24.4 Å². The summed E-state index contributed by atoms with van der Waals surface area (Å²) in [6, 6.07) is 7.35. The van der Waals surface area contributed by atoms with Crippen molar-refractivity contribution < 1.29 is 14.3 Å². The van der Waals surface area contributed by atoms with E-state index in [2.05, 4.69) is 29.4 Å². The van der Waals surface area contributed by atoms with Crippen LogP contribution in [0.3, 0.4) is 0 Å². The molecule has 148 valence electrons. The van der Waals surface area contributed by atoms with Crippen LogP contribution in [0.15, 0.2) is 18.2 Å². The minimum Gasteiger partial charge on any atom is -0.493 e. The second kappa shape index (κ2) is 7.34. The van der Waals surface area contributed by atoms with Gasteiger partial charge in [-0.3, -0.25) is 4.79 Å². The highest BCUT2D eigenvalue weighted by molar-refractivity contribution is 5.77. The van der Waals surface area contributed by atoms with E-state index in [-0.39, 0.29) is 11.3 Å². The summed E-state index contributed by atoms with van der Waals surface area (Å²) in [7, 11) is 5.65. The fraction of sp³-hybridized carbons (Fsp3) is 0.682. The van der Waals surface area contributed by atoms with Gasteiger partial charge in [0.2, 0.25) is 5.91 Å². The van der Waals surface area contributed by atoms with Gasteiger partial charge in [-0.05, 0) is 75.7 Å². The molecule has 0 spiro atoms. The molecule has 1 aromatic carbocycles. The lowest BCUT2D eigenvalue weighted by molar-refractivity contribution is -0.124. The van der Waals surface area contributed by atoms with Crippen molar-refractivity contribution in [2.45, 2.75) is 62.4 Å². The van der Waals surface area contributed by atoms with Crippen LogP contribution in [0.25, 0.3) is 0 Å². The van der Waals surface area contributed by atoms with Crippen LogP contribution in [0.1, 0.15) is 50.5 Å². The number of hydrogen-bond acceptors (Lipinski definition) is 4. The topological polar surface area (TPSA) is 50.8 Å². The van der Waals surface area contributed by atoms with Crippen LogP contribution in [0, 0.1) is 5.92 Å². The van der Waals surface area contributed by atoms with E-state index in [9.17, 15) is 4.79 Å². The van der Waals surface area contributed by atoms with E-state index in [1.807, 2.05) is 6.07 Å². The van der Waals surface area contributed by atoms with Crippen LogP contribution >= 0.6 is 0 Å². The number of likely N-dealkylation sites (N-methyl/N-ethyl adjacent to an activating group) is 1. The molecule has 1 aromatic rings. The number of nitrogens with zero attached hydrogens (tertiary/aromatic N) is 1. The van der Waals surface area contributed by atoms with Crippen LogP contribution in [0.5, 0.6) is 11.5 Å². The molecule has 2 unspecified atom stereocenters. The van der Waals surface area contributed by atoms with Gasteiger partial charge in [-0.15, -0.1) is 0 Å². The highest BCUT2D eigenvalue weighted by Crippen LogP contribution is 2.52. The molecule has 4 rings (SSSR count). The number of hydrogen-bond donors (Lipinski definition) is 1. The Bertz CT molecular complexity index is 707. The minimum atomic E-state index is 0.184. The Kier molecular flexibility index (Phi) is 5.06. The Balaban J connectivity index is 1.60. The maximum absolute atomic E-state index is 11.9. The van der Waals surface area contributed by atoms with Crippen molar-refractivity contribution in [1.82, 2.24) is 10.2 Å². The standard InChI is InChI=1S/C22H32N2O3/c1-24-12-11-22(16-7-8-18(26-2)19(14-16)27-3)10-9-15(13-20(22)24)17-5-4-6-21(25)23-17/h7-8,14-15,17,20H,4-6,9-13H2,1-3H3,(H,23,25)/t15?,17?,20-,22-/m0/s1. The second-order valence-corrected chi connectivity index (χ2v) is 8.57. The van der Waals surface area contributed by atoms with E-state index in [0.717, 1.165) is 37.3 Å². The maximum atomic E-state index is 11.9. The third-order valence-corrected chi connectivity index (χ3v) is 7.36. The lowest BCUT2D eigenvalue weighted by atomic mass is 9.62. The summed E-state index contributed by atoms with van der Waals surface area (Å²) < 4.78 is 11.0. The number of rotatable bonds is 4. The third kappa shape index (κ3) is 3.20. The van der Waals surface area contributed by atoms with E-state index in [4.69, 9.17) is 9.47 Å². The van der Waals surface area contributed by atoms with Crippen molar-refractivity contribution in [3.05, 3.63) is 23.8 Å². The predicted octanol–water partition coefficient (Wildman–Crippen LogP) is 3.11. The molecular formula is C22H32N2O3. The van der Waals surface area contributed by atoms with Crippen molar-refractivity contribution in [2.75, 3.05) is 27.8 Å². The van der Waals surface area contributed by atoms with Gasteiger partial charge in [0, 0.05) is 23.9 Å². The first kappa shape index (κ1) is 18.6. The second-order valence-electron chi connectivity index (χ2n) is 8.57. The Morgan fingerprint density at radius 1 is 1.15 bits per heavy atom. The van der Waals surface area contributed by atoms with Gasteiger partial charge >= 0.3 is 0 Å². The summed E-state index contributed by atoms with van der Waals surface area (Å²) in [6.07, 6.45) is 7.58. The van der Waals surface area contributed by atoms with E-state index in [1.165, 1.54) is 24.8 Å². The normalized spacial score (nSPS) is 34.0. The van der Waals surface area contributed by atoms with Crippen LogP contribution in [0.2, 0.25) is 0 Å². The number of methoxy groups -OCH3 is 2. The molecule has 2 saturated heterocycles. The average Bonchev–Trinajstić information content (AvgIpc) is 3.04. The van der Waals surface area contributed by atoms with Gasteiger partial charge in [0.15, 0.2) is 11.5 Å². The summed E-state index contributed by atoms with van der Waals surface area (Å²) in [6.45, 7) is 1.13. The zero-order chi connectivity index (χ0) is 19.0. The molecule has 1 amide bonds. The molecule has 2 aliphatic heterocycles. The number of piperidine rings is 1. The molecule has 5 nitrogen and oxygen atoms in total. The molecule has 0 radical (unpaired) electrons. The third-order valence-electron chi connectivity index (χ3n) is 7.36. The molecule has 5 heteroatoms. The van der Waals surface area contributed by atoms with Crippen molar-refractivity contribution >= 4 is 5.91 Å². The average molecular weight is 373 g/mol. The van der Waals surface area contributed by atoms with Gasteiger partial charge < -0.3 is 19.7 Å².